The Morgan fingerprint density at radius 3 is 0.649 bits per heavy atom. The third-order valence-electron chi connectivity index (χ3n) is 21.2. The van der Waals surface area contributed by atoms with Crippen LogP contribution in [-0.4, -0.2) is 49.3 Å². The maximum absolute atomic E-state index is 5.97. The molecule has 8 bridgehead atoms. The van der Waals surface area contributed by atoms with Crippen molar-refractivity contribution >= 4 is 0 Å². The zero-order valence-corrected chi connectivity index (χ0v) is 36.1. The van der Waals surface area contributed by atoms with Crippen LogP contribution < -0.4 is 31.9 Å². The Morgan fingerprint density at radius 2 is 0.439 bits per heavy atom. The van der Waals surface area contributed by atoms with Crippen molar-refractivity contribution in [2.24, 2.45) is 94.7 Å². The molecule has 6 N–H and O–H groups in total. The van der Waals surface area contributed by atoms with Gasteiger partial charge in [-0.05, 0) is 146 Å². The Hall–Kier alpha value is 0.186. The summed E-state index contributed by atoms with van der Waals surface area (Å²) in [6.45, 7) is 0. The van der Waals surface area contributed by atoms with Gasteiger partial charge in [0.15, 0.2) is 0 Å². The maximum Gasteiger partial charge on any atom is 2.00 e. The van der Waals surface area contributed by atoms with Crippen LogP contribution in [0.1, 0.15) is 154 Å². The quantitative estimate of drug-likeness (QED) is 0.147. The Kier molecular flexibility index (Phi) is 10.7. The minimum atomic E-state index is 0. The molecule has 57 heavy (non-hydrogen) atoms. The summed E-state index contributed by atoms with van der Waals surface area (Å²) in [5.41, 5.74) is 0. The van der Waals surface area contributed by atoms with Crippen molar-refractivity contribution in [1.82, 2.24) is 31.9 Å². The molecule has 0 aromatic rings. The minimum absolute atomic E-state index is 0. The van der Waals surface area contributed by atoms with E-state index in [9.17, 15) is 0 Å². The Balaban J connectivity index is 0.00000356. The molecule has 0 aromatic carbocycles. The first kappa shape index (κ1) is 38.8. The van der Waals surface area contributed by atoms with Crippen LogP contribution in [0.3, 0.4) is 0 Å². The van der Waals surface area contributed by atoms with Crippen LogP contribution >= 0.6 is 0 Å². The second-order valence-electron chi connectivity index (χ2n) is 23.4. The average Bonchev–Trinajstić information content (AvgIpc) is 3.95. The molecule has 5 aliphatic heterocycles. The number of nitrogens with one attached hydrogen (secondary N) is 6. The topological polar surface area (TPSA) is 100 Å². The summed E-state index contributed by atoms with van der Waals surface area (Å²) in [5.74, 6) is 13.0. The smallest absolute Gasteiger partial charge is 0.632 e. The maximum atomic E-state index is 5.97. The van der Waals surface area contributed by atoms with Crippen LogP contribution in [-0.2, 0) is 16.8 Å². The van der Waals surface area contributed by atoms with E-state index < -0.39 is 0 Å². The summed E-state index contributed by atoms with van der Waals surface area (Å²) < 4.78 is 0. The predicted octanol–water partition coefficient (Wildman–Crippen LogP) is 8.28. The molecule has 319 valence electrons. The molecule has 0 amide bonds. The van der Waals surface area contributed by atoms with Crippen molar-refractivity contribution in [3.8, 4) is 0 Å². The van der Waals surface area contributed by atoms with Crippen LogP contribution in [0, 0.1) is 94.7 Å². The summed E-state index contributed by atoms with van der Waals surface area (Å²) in [5, 5.41) is 38.6. The average molecular weight is 826 g/mol. The van der Waals surface area contributed by atoms with Crippen molar-refractivity contribution in [1.29, 1.82) is 0 Å². The predicted molar refractivity (Wildman–Crippen MR) is 222 cm³/mol. The number of rotatable bonds is 0. The number of fused-ring (bicyclic) bond motifs is 24. The Morgan fingerprint density at radius 1 is 0.246 bits per heavy atom. The van der Waals surface area contributed by atoms with Gasteiger partial charge in [0.25, 0.3) is 0 Å². The van der Waals surface area contributed by atoms with Gasteiger partial charge in [-0.15, -0.1) is 0 Å². The molecule has 1 radical (unpaired) electrons. The standard InChI is InChI=1S/C48H78N8.Co/c1-2-10-26-18-34-33(17-25(26)9-1)41-49-42(34)54-44-37-21-29-13-5-6-14-30(29)22-38(37)46(51-44)56-48-40-24-32-16-8-7-15-31(32)23-39(40)47(52-48)55-45-36-20-28-12-4-3-11-27(28)19-35(36)43(50-45)53-41;/h25-49,52-56H,1-24H2;/q-2;+2. The SMILES string of the molecule is C1CCC2CC3C4[N-]C(NC5NC(NC6[N-]C(NC7NC(N4)C4CC8CCCCC8CC74)C4CC7CCCCC7CC64)C4CC6CCCCC6CC54)C3CC2C1.[Co+2]. The third kappa shape index (κ3) is 6.76. The minimum Gasteiger partial charge on any atom is -0.632 e. The first-order chi connectivity index (χ1) is 27.7. The summed E-state index contributed by atoms with van der Waals surface area (Å²) in [4.78, 5) is 0. The number of nitrogens with zero attached hydrogens (tertiary/aromatic N) is 2. The van der Waals surface area contributed by atoms with E-state index in [-0.39, 0.29) is 41.4 Å². The van der Waals surface area contributed by atoms with Gasteiger partial charge < -0.3 is 31.9 Å². The van der Waals surface area contributed by atoms with Gasteiger partial charge in [0.1, 0.15) is 0 Å². The molecule has 8 aliphatic carbocycles. The number of hydrogen-bond acceptors (Lipinski definition) is 6. The molecule has 24 unspecified atom stereocenters. The summed E-state index contributed by atoms with van der Waals surface area (Å²) >= 11 is 0. The van der Waals surface area contributed by atoms with E-state index >= 15 is 0 Å². The van der Waals surface area contributed by atoms with Crippen molar-refractivity contribution < 1.29 is 16.8 Å². The second-order valence-corrected chi connectivity index (χ2v) is 23.4. The zero-order valence-electron chi connectivity index (χ0n) is 35.1. The molecule has 9 heteroatoms. The van der Waals surface area contributed by atoms with Gasteiger partial charge in [0.05, 0.1) is 24.7 Å². The normalized spacial score (nSPS) is 58.9. The van der Waals surface area contributed by atoms with Crippen LogP contribution in [0.4, 0.5) is 0 Å². The van der Waals surface area contributed by atoms with Crippen LogP contribution in [0.25, 0.3) is 10.6 Å². The molecule has 5 heterocycles. The Labute approximate surface area is 356 Å². The fourth-order valence-electron chi connectivity index (χ4n) is 18.6. The second kappa shape index (κ2) is 15.8. The van der Waals surface area contributed by atoms with Crippen molar-refractivity contribution in [3.05, 3.63) is 10.6 Å². The molecule has 13 aliphatic rings. The van der Waals surface area contributed by atoms with Gasteiger partial charge in [0.2, 0.25) is 0 Å². The van der Waals surface area contributed by atoms with Crippen molar-refractivity contribution in [3.63, 3.8) is 0 Å². The van der Waals surface area contributed by atoms with Gasteiger partial charge >= 0.3 is 16.8 Å². The van der Waals surface area contributed by atoms with Gasteiger partial charge in [-0.3, -0.25) is 10.6 Å². The third-order valence-corrected chi connectivity index (χ3v) is 21.2. The fraction of sp³-hybridized carbons (Fsp3) is 1.00. The van der Waals surface area contributed by atoms with E-state index in [4.69, 9.17) is 10.6 Å². The molecule has 13 rings (SSSR count). The van der Waals surface area contributed by atoms with Crippen molar-refractivity contribution in [2.45, 2.75) is 203 Å². The molecular formula is C48H78CoN8. The van der Waals surface area contributed by atoms with Crippen LogP contribution in [0.5, 0.6) is 0 Å². The fourth-order valence-corrected chi connectivity index (χ4v) is 18.6. The molecule has 0 spiro atoms. The summed E-state index contributed by atoms with van der Waals surface area (Å²) in [7, 11) is 0. The summed E-state index contributed by atoms with van der Waals surface area (Å²) in [6, 6.07) is 0. The van der Waals surface area contributed by atoms with E-state index in [0.29, 0.717) is 72.0 Å². The molecule has 24 atom stereocenters. The van der Waals surface area contributed by atoms with Gasteiger partial charge in [0, 0.05) is 0 Å². The van der Waals surface area contributed by atoms with E-state index in [1.807, 2.05) is 0 Å². The van der Waals surface area contributed by atoms with Gasteiger partial charge in [-0.1, -0.05) is 127 Å². The molecule has 8 nitrogen and oxygen atoms in total. The van der Waals surface area contributed by atoms with E-state index in [1.54, 1.807) is 0 Å². The van der Waals surface area contributed by atoms with E-state index in [1.165, 1.54) is 154 Å². The molecule has 8 saturated carbocycles. The monoisotopic (exact) mass is 826 g/mol. The molecular weight excluding hydrogens is 748 g/mol. The molecule has 5 saturated heterocycles. The van der Waals surface area contributed by atoms with Crippen LogP contribution in [0.15, 0.2) is 0 Å². The van der Waals surface area contributed by atoms with E-state index in [2.05, 4.69) is 31.9 Å². The van der Waals surface area contributed by atoms with Gasteiger partial charge in [-0.25, -0.2) is 0 Å². The number of hydrogen-bond donors (Lipinski definition) is 6. The van der Waals surface area contributed by atoms with E-state index in [0.717, 1.165) is 47.3 Å². The van der Waals surface area contributed by atoms with Crippen LogP contribution in [0.2, 0.25) is 0 Å². The molecule has 0 aromatic heterocycles. The first-order valence-electron chi connectivity index (χ1n) is 25.6. The first-order valence-corrected chi connectivity index (χ1v) is 25.6. The van der Waals surface area contributed by atoms with Gasteiger partial charge in [-0.2, -0.15) is 0 Å². The van der Waals surface area contributed by atoms with Crippen molar-refractivity contribution in [2.75, 3.05) is 0 Å². The molecule has 13 fully saturated rings. The largest absolute Gasteiger partial charge is 2.00 e. The summed E-state index contributed by atoms with van der Waals surface area (Å²) in [6.07, 6.45) is 37.4. The Bertz CT molecular complexity index is 1130. The zero-order chi connectivity index (χ0) is 36.5.